The maximum Gasteiger partial charge on any atom is 0.0522 e. The highest BCUT2D eigenvalue weighted by atomic mass is 79.9. The van der Waals surface area contributed by atoms with E-state index >= 15 is 0 Å². The van der Waals surface area contributed by atoms with Crippen molar-refractivity contribution in [1.29, 1.82) is 0 Å². The number of benzene rings is 1. The van der Waals surface area contributed by atoms with E-state index in [0.29, 0.717) is 6.04 Å². The summed E-state index contributed by atoms with van der Waals surface area (Å²) in [4.78, 5) is 0. The summed E-state index contributed by atoms with van der Waals surface area (Å²) < 4.78 is 3.04. The van der Waals surface area contributed by atoms with Crippen LogP contribution in [0.1, 0.15) is 29.2 Å². The molecule has 0 radical (unpaired) electrons. The fraction of sp³-hybridized carbons (Fsp3) is 0.400. The molecule has 1 aliphatic rings. The van der Waals surface area contributed by atoms with Crippen molar-refractivity contribution >= 4 is 15.9 Å². The molecule has 0 saturated carbocycles. The Morgan fingerprint density at radius 2 is 2.37 bits per heavy atom. The van der Waals surface area contributed by atoms with E-state index in [1.807, 2.05) is 17.9 Å². The summed E-state index contributed by atoms with van der Waals surface area (Å²) >= 11 is 3.54. The Morgan fingerprint density at radius 1 is 1.47 bits per heavy atom. The van der Waals surface area contributed by atoms with Crippen LogP contribution in [0.25, 0.3) is 0 Å². The second-order valence-corrected chi connectivity index (χ2v) is 6.08. The Hall–Kier alpha value is -1.13. The van der Waals surface area contributed by atoms with Gasteiger partial charge in [-0.15, -0.1) is 0 Å². The lowest BCUT2D eigenvalue weighted by Crippen LogP contribution is -2.21. The molecule has 100 valence electrons. The Kier molecular flexibility index (Phi) is 3.71. The van der Waals surface area contributed by atoms with Gasteiger partial charge in [0.05, 0.1) is 6.20 Å². The normalized spacial score (nSPS) is 17.7. The molecule has 1 atom stereocenters. The van der Waals surface area contributed by atoms with E-state index in [2.05, 4.69) is 50.7 Å². The molecule has 1 aliphatic carbocycles. The number of hydrogen-bond donors (Lipinski definition) is 1. The summed E-state index contributed by atoms with van der Waals surface area (Å²) in [5, 5.41) is 7.86. The van der Waals surface area contributed by atoms with E-state index in [-0.39, 0.29) is 0 Å². The summed E-state index contributed by atoms with van der Waals surface area (Å²) in [6, 6.07) is 7.14. The minimum Gasteiger partial charge on any atom is -0.310 e. The van der Waals surface area contributed by atoms with Gasteiger partial charge in [0.1, 0.15) is 0 Å². The first-order chi connectivity index (χ1) is 9.22. The minimum absolute atomic E-state index is 0.514. The molecule has 2 aromatic rings. The van der Waals surface area contributed by atoms with Crippen molar-refractivity contribution in [3.8, 4) is 0 Å². The molecule has 19 heavy (non-hydrogen) atoms. The highest BCUT2D eigenvalue weighted by Gasteiger charge is 2.21. The SMILES string of the molecule is Cn1cc(CCNC2CCc3cc(Br)ccc32)cn1. The Morgan fingerprint density at radius 3 is 3.16 bits per heavy atom. The van der Waals surface area contributed by atoms with Gasteiger partial charge in [0.2, 0.25) is 0 Å². The lowest BCUT2D eigenvalue weighted by Gasteiger charge is -2.13. The van der Waals surface area contributed by atoms with Gasteiger partial charge in [-0.25, -0.2) is 0 Å². The molecule has 1 aromatic carbocycles. The van der Waals surface area contributed by atoms with Gasteiger partial charge in [-0.05, 0) is 54.6 Å². The zero-order valence-electron chi connectivity index (χ0n) is 11.1. The van der Waals surface area contributed by atoms with E-state index in [1.165, 1.54) is 34.0 Å². The van der Waals surface area contributed by atoms with Crippen LogP contribution in [0.5, 0.6) is 0 Å². The van der Waals surface area contributed by atoms with Crippen LogP contribution in [-0.2, 0) is 19.9 Å². The fourth-order valence-corrected chi connectivity index (χ4v) is 3.20. The standard InChI is InChI=1S/C15H18BrN3/c1-19-10-11(9-18-19)6-7-17-15-5-2-12-8-13(16)3-4-14(12)15/h3-4,8-10,15,17H,2,5-7H2,1H3. The maximum atomic E-state index is 4.20. The lowest BCUT2D eigenvalue weighted by molar-refractivity contribution is 0.533. The van der Waals surface area contributed by atoms with Gasteiger partial charge in [0, 0.05) is 23.8 Å². The predicted octanol–water partition coefficient (Wildman–Crippen LogP) is 3.00. The zero-order valence-corrected chi connectivity index (χ0v) is 12.7. The van der Waals surface area contributed by atoms with Gasteiger partial charge < -0.3 is 5.32 Å². The molecule has 4 heteroatoms. The summed E-state index contributed by atoms with van der Waals surface area (Å²) in [5.74, 6) is 0. The number of hydrogen-bond acceptors (Lipinski definition) is 2. The molecular weight excluding hydrogens is 302 g/mol. The van der Waals surface area contributed by atoms with Crippen LogP contribution in [0.4, 0.5) is 0 Å². The topological polar surface area (TPSA) is 29.9 Å². The molecule has 1 aromatic heterocycles. The maximum absolute atomic E-state index is 4.20. The van der Waals surface area contributed by atoms with Gasteiger partial charge in [0.15, 0.2) is 0 Å². The third-order valence-corrected chi connectivity index (χ3v) is 4.24. The fourth-order valence-electron chi connectivity index (χ4n) is 2.79. The van der Waals surface area contributed by atoms with Gasteiger partial charge >= 0.3 is 0 Å². The van der Waals surface area contributed by atoms with Crippen LogP contribution in [-0.4, -0.2) is 16.3 Å². The summed E-state index contributed by atoms with van der Waals surface area (Å²) in [7, 11) is 1.96. The number of nitrogens with one attached hydrogen (secondary N) is 1. The van der Waals surface area contributed by atoms with E-state index in [1.54, 1.807) is 0 Å². The first-order valence-electron chi connectivity index (χ1n) is 6.71. The van der Waals surface area contributed by atoms with E-state index in [4.69, 9.17) is 0 Å². The molecule has 1 N–H and O–H groups in total. The molecule has 0 saturated heterocycles. The zero-order chi connectivity index (χ0) is 13.2. The van der Waals surface area contributed by atoms with Crippen molar-refractivity contribution in [2.75, 3.05) is 6.54 Å². The number of aryl methyl sites for hydroxylation is 2. The highest BCUT2D eigenvalue weighted by Crippen LogP contribution is 2.32. The number of halogens is 1. The first kappa shape index (κ1) is 12.9. The lowest BCUT2D eigenvalue weighted by atomic mass is 10.1. The largest absolute Gasteiger partial charge is 0.310 e. The van der Waals surface area contributed by atoms with E-state index in [0.717, 1.165) is 13.0 Å². The summed E-state index contributed by atoms with van der Waals surface area (Å²) in [6.07, 6.45) is 7.46. The van der Waals surface area contributed by atoms with E-state index < -0.39 is 0 Å². The van der Waals surface area contributed by atoms with Gasteiger partial charge in [0.25, 0.3) is 0 Å². The Labute approximate surface area is 122 Å². The molecule has 0 amide bonds. The summed E-state index contributed by atoms with van der Waals surface area (Å²) in [5.41, 5.74) is 4.24. The molecular formula is C15H18BrN3. The van der Waals surface area contributed by atoms with Crippen LogP contribution in [0, 0.1) is 0 Å². The first-order valence-corrected chi connectivity index (χ1v) is 7.51. The van der Waals surface area contributed by atoms with Crippen molar-refractivity contribution in [1.82, 2.24) is 15.1 Å². The third-order valence-electron chi connectivity index (χ3n) is 3.75. The molecule has 0 aliphatic heterocycles. The average Bonchev–Trinajstić information content (AvgIpc) is 2.96. The van der Waals surface area contributed by atoms with Crippen LogP contribution in [0.3, 0.4) is 0 Å². The van der Waals surface area contributed by atoms with Crippen LogP contribution >= 0.6 is 15.9 Å². The number of fused-ring (bicyclic) bond motifs is 1. The number of aromatic nitrogens is 2. The van der Waals surface area contributed by atoms with E-state index in [9.17, 15) is 0 Å². The third kappa shape index (κ3) is 2.90. The Balaban J connectivity index is 1.58. The molecule has 1 heterocycles. The van der Waals surface area contributed by atoms with Gasteiger partial charge in [-0.3, -0.25) is 4.68 Å². The second-order valence-electron chi connectivity index (χ2n) is 5.16. The molecule has 0 fully saturated rings. The Bertz CT molecular complexity index is 577. The van der Waals surface area contributed by atoms with Crippen molar-refractivity contribution in [3.63, 3.8) is 0 Å². The molecule has 0 spiro atoms. The minimum atomic E-state index is 0.514. The number of nitrogens with zero attached hydrogens (tertiary/aromatic N) is 2. The van der Waals surface area contributed by atoms with Crippen LogP contribution < -0.4 is 5.32 Å². The molecule has 3 rings (SSSR count). The van der Waals surface area contributed by atoms with Crippen molar-refractivity contribution in [3.05, 3.63) is 51.8 Å². The number of rotatable bonds is 4. The average molecular weight is 320 g/mol. The second kappa shape index (κ2) is 5.47. The predicted molar refractivity (Wildman–Crippen MR) is 80.1 cm³/mol. The van der Waals surface area contributed by atoms with Gasteiger partial charge in [-0.2, -0.15) is 5.10 Å². The van der Waals surface area contributed by atoms with Gasteiger partial charge in [-0.1, -0.05) is 22.0 Å². The quantitative estimate of drug-likeness (QED) is 0.938. The molecule has 3 nitrogen and oxygen atoms in total. The van der Waals surface area contributed by atoms with Crippen LogP contribution in [0.15, 0.2) is 35.1 Å². The van der Waals surface area contributed by atoms with Crippen LogP contribution in [0.2, 0.25) is 0 Å². The molecule has 0 bridgehead atoms. The smallest absolute Gasteiger partial charge is 0.0522 e. The summed E-state index contributed by atoms with van der Waals surface area (Å²) in [6.45, 7) is 1.01. The van der Waals surface area contributed by atoms with Crippen molar-refractivity contribution in [2.45, 2.75) is 25.3 Å². The highest BCUT2D eigenvalue weighted by molar-refractivity contribution is 9.10. The molecule has 1 unspecified atom stereocenters. The van der Waals surface area contributed by atoms with Crippen molar-refractivity contribution in [2.24, 2.45) is 7.05 Å². The monoisotopic (exact) mass is 319 g/mol. The van der Waals surface area contributed by atoms with Crippen molar-refractivity contribution < 1.29 is 0 Å².